The minimum atomic E-state index is -3.65. The van der Waals surface area contributed by atoms with Gasteiger partial charge < -0.3 is 0 Å². The molecule has 0 radical (unpaired) electrons. The molecule has 0 saturated heterocycles. The molecule has 23 heavy (non-hydrogen) atoms. The van der Waals surface area contributed by atoms with Crippen molar-refractivity contribution in [3.05, 3.63) is 58.6 Å². The standard InChI is InChI=1S/C16H13ClN2O2S2/c17-12-3-6-16-14(9-12)15(7-8-22-16)19-23(20,21)13-4-1-11(10-18)2-5-13/h1-6,9,15,19H,7-8H2. The highest BCUT2D eigenvalue weighted by atomic mass is 35.5. The maximum atomic E-state index is 12.6. The number of hydrogen-bond acceptors (Lipinski definition) is 4. The van der Waals surface area contributed by atoms with E-state index in [0.29, 0.717) is 17.0 Å². The zero-order valence-electron chi connectivity index (χ0n) is 12.0. The summed E-state index contributed by atoms with van der Waals surface area (Å²) in [7, 11) is -3.65. The highest BCUT2D eigenvalue weighted by Crippen LogP contribution is 2.38. The van der Waals surface area contributed by atoms with Crippen LogP contribution in [0.2, 0.25) is 5.02 Å². The zero-order chi connectivity index (χ0) is 16.4. The van der Waals surface area contributed by atoms with Crippen molar-refractivity contribution in [1.29, 1.82) is 5.26 Å². The summed E-state index contributed by atoms with van der Waals surface area (Å²) in [5.74, 6) is 0.842. The smallest absolute Gasteiger partial charge is 0.207 e. The molecule has 2 aromatic carbocycles. The maximum absolute atomic E-state index is 12.6. The molecule has 1 atom stereocenters. The number of halogens is 1. The van der Waals surface area contributed by atoms with Crippen molar-refractivity contribution in [1.82, 2.24) is 4.72 Å². The van der Waals surface area contributed by atoms with E-state index in [2.05, 4.69) is 4.72 Å². The molecule has 1 aliphatic rings. The van der Waals surface area contributed by atoms with Gasteiger partial charge in [-0.25, -0.2) is 13.1 Å². The molecule has 118 valence electrons. The first-order chi connectivity index (χ1) is 11.0. The Hall–Kier alpha value is -1.52. The number of hydrogen-bond donors (Lipinski definition) is 1. The van der Waals surface area contributed by atoms with Crippen molar-refractivity contribution in [3.63, 3.8) is 0 Å². The molecule has 2 aromatic rings. The van der Waals surface area contributed by atoms with Crippen LogP contribution in [0.1, 0.15) is 23.6 Å². The van der Waals surface area contributed by atoms with Gasteiger partial charge in [-0.3, -0.25) is 0 Å². The van der Waals surface area contributed by atoms with Crippen molar-refractivity contribution in [3.8, 4) is 6.07 Å². The van der Waals surface area contributed by atoms with Gasteiger partial charge in [-0.1, -0.05) is 11.6 Å². The second kappa shape index (κ2) is 6.54. The van der Waals surface area contributed by atoms with E-state index in [9.17, 15) is 8.42 Å². The van der Waals surface area contributed by atoms with Crippen molar-refractivity contribution < 1.29 is 8.42 Å². The van der Waals surface area contributed by atoms with Crippen LogP contribution < -0.4 is 4.72 Å². The van der Waals surface area contributed by atoms with E-state index in [1.54, 1.807) is 11.8 Å². The fourth-order valence-corrected chi connectivity index (χ4v) is 4.99. The van der Waals surface area contributed by atoms with Gasteiger partial charge in [0.15, 0.2) is 0 Å². The summed E-state index contributed by atoms with van der Waals surface area (Å²) < 4.78 is 27.9. The molecule has 1 heterocycles. The van der Waals surface area contributed by atoms with Crippen LogP contribution >= 0.6 is 23.4 Å². The first-order valence-electron chi connectivity index (χ1n) is 6.94. The fourth-order valence-electron chi connectivity index (χ4n) is 2.45. The van der Waals surface area contributed by atoms with Gasteiger partial charge in [0.1, 0.15) is 0 Å². The molecule has 1 unspecified atom stereocenters. The van der Waals surface area contributed by atoms with E-state index < -0.39 is 10.0 Å². The number of sulfonamides is 1. The SMILES string of the molecule is N#Cc1ccc(S(=O)(=O)NC2CCSc3ccc(Cl)cc32)cc1. The number of nitriles is 1. The number of fused-ring (bicyclic) bond motifs is 1. The molecule has 0 aliphatic carbocycles. The Bertz CT molecular complexity index is 874. The normalized spacial score (nSPS) is 17.3. The quantitative estimate of drug-likeness (QED) is 0.900. The van der Waals surface area contributed by atoms with Gasteiger partial charge in [0.25, 0.3) is 0 Å². The zero-order valence-corrected chi connectivity index (χ0v) is 14.4. The summed E-state index contributed by atoms with van der Waals surface area (Å²) in [5, 5.41) is 9.39. The minimum Gasteiger partial charge on any atom is -0.207 e. The number of benzene rings is 2. The maximum Gasteiger partial charge on any atom is 0.241 e. The topological polar surface area (TPSA) is 70.0 Å². The number of thioether (sulfide) groups is 1. The van der Waals surface area contributed by atoms with Crippen molar-refractivity contribution in [2.75, 3.05) is 5.75 Å². The molecule has 0 bridgehead atoms. The summed E-state index contributed by atoms with van der Waals surface area (Å²) in [6, 6.07) is 13.1. The highest BCUT2D eigenvalue weighted by molar-refractivity contribution is 7.99. The van der Waals surface area contributed by atoms with E-state index in [4.69, 9.17) is 16.9 Å². The van der Waals surface area contributed by atoms with Crippen molar-refractivity contribution >= 4 is 33.4 Å². The van der Waals surface area contributed by atoms with E-state index in [1.165, 1.54) is 24.3 Å². The van der Waals surface area contributed by atoms with Gasteiger partial charge >= 0.3 is 0 Å². The molecule has 0 amide bonds. The van der Waals surface area contributed by atoms with Crippen LogP contribution in [0.5, 0.6) is 0 Å². The molecule has 0 saturated carbocycles. The van der Waals surface area contributed by atoms with Gasteiger partial charge in [0, 0.05) is 16.0 Å². The van der Waals surface area contributed by atoms with Crippen LogP contribution in [0.25, 0.3) is 0 Å². The second-order valence-corrected chi connectivity index (χ2v) is 8.42. The van der Waals surface area contributed by atoms with Crippen LogP contribution in [-0.4, -0.2) is 14.2 Å². The molecule has 0 fully saturated rings. The Labute approximate surface area is 144 Å². The first kappa shape index (κ1) is 16.3. The Morgan fingerprint density at radius 1 is 1.22 bits per heavy atom. The van der Waals surface area contributed by atoms with Gasteiger partial charge in [0.2, 0.25) is 10.0 Å². The van der Waals surface area contributed by atoms with Gasteiger partial charge in [-0.15, -0.1) is 11.8 Å². The molecule has 7 heteroatoms. The lowest BCUT2D eigenvalue weighted by atomic mass is 10.1. The summed E-state index contributed by atoms with van der Waals surface area (Å²) in [4.78, 5) is 1.20. The summed E-state index contributed by atoms with van der Waals surface area (Å²) in [6.07, 6.45) is 0.702. The molecule has 0 aromatic heterocycles. The monoisotopic (exact) mass is 364 g/mol. The summed E-state index contributed by atoms with van der Waals surface area (Å²) in [5.41, 5.74) is 1.33. The fraction of sp³-hybridized carbons (Fsp3) is 0.188. The minimum absolute atomic E-state index is 0.151. The average Bonchev–Trinajstić information content (AvgIpc) is 2.55. The molecule has 0 spiro atoms. The lowest BCUT2D eigenvalue weighted by molar-refractivity contribution is 0.546. The van der Waals surface area contributed by atoms with Crippen molar-refractivity contribution in [2.24, 2.45) is 0 Å². The number of nitrogens with zero attached hydrogens (tertiary/aromatic N) is 1. The molecular weight excluding hydrogens is 352 g/mol. The predicted octanol–water partition coefficient (Wildman–Crippen LogP) is 3.73. The van der Waals surface area contributed by atoms with Gasteiger partial charge in [-0.05, 0) is 60.2 Å². The van der Waals surface area contributed by atoms with Crippen LogP contribution in [0.3, 0.4) is 0 Å². The molecular formula is C16H13ClN2O2S2. The molecule has 4 nitrogen and oxygen atoms in total. The third-order valence-corrected chi connectivity index (χ3v) is 6.45. The summed E-state index contributed by atoms with van der Waals surface area (Å²) in [6.45, 7) is 0. The number of rotatable bonds is 3. The third kappa shape index (κ3) is 3.54. The van der Waals surface area contributed by atoms with E-state index in [1.807, 2.05) is 24.3 Å². The van der Waals surface area contributed by atoms with Gasteiger partial charge in [0.05, 0.1) is 16.5 Å². The highest BCUT2D eigenvalue weighted by Gasteiger charge is 2.26. The number of nitrogens with one attached hydrogen (secondary N) is 1. The van der Waals surface area contributed by atoms with Crippen LogP contribution in [0.4, 0.5) is 0 Å². The van der Waals surface area contributed by atoms with Crippen LogP contribution in [0, 0.1) is 11.3 Å². The van der Waals surface area contributed by atoms with Crippen LogP contribution in [0.15, 0.2) is 52.3 Å². The average molecular weight is 365 g/mol. The Morgan fingerprint density at radius 3 is 2.65 bits per heavy atom. The second-order valence-electron chi connectivity index (χ2n) is 5.13. The lowest BCUT2D eigenvalue weighted by Crippen LogP contribution is -2.30. The first-order valence-corrected chi connectivity index (χ1v) is 9.79. The molecule has 1 N–H and O–H groups in total. The third-order valence-electron chi connectivity index (χ3n) is 3.60. The largest absolute Gasteiger partial charge is 0.241 e. The van der Waals surface area contributed by atoms with Gasteiger partial charge in [-0.2, -0.15) is 5.26 Å². The van der Waals surface area contributed by atoms with E-state index in [0.717, 1.165) is 16.2 Å². The van der Waals surface area contributed by atoms with E-state index in [-0.39, 0.29) is 10.9 Å². The van der Waals surface area contributed by atoms with Crippen LogP contribution in [-0.2, 0) is 10.0 Å². The Kier molecular flexibility index (Phi) is 4.64. The summed E-state index contributed by atoms with van der Waals surface area (Å²) >= 11 is 7.74. The molecule has 1 aliphatic heterocycles. The molecule has 3 rings (SSSR count). The Balaban J connectivity index is 1.90. The lowest BCUT2D eigenvalue weighted by Gasteiger charge is -2.26. The van der Waals surface area contributed by atoms with E-state index >= 15 is 0 Å². The Morgan fingerprint density at radius 2 is 1.96 bits per heavy atom. The van der Waals surface area contributed by atoms with Crippen molar-refractivity contribution in [2.45, 2.75) is 22.3 Å². The predicted molar refractivity (Wildman–Crippen MR) is 91.0 cm³/mol.